The van der Waals surface area contributed by atoms with E-state index in [0.29, 0.717) is 19.6 Å². The fourth-order valence-electron chi connectivity index (χ4n) is 1.99. The second-order valence-electron chi connectivity index (χ2n) is 3.75. The summed E-state index contributed by atoms with van der Waals surface area (Å²) in [6, 6.07) is 0. The van der Waals surface area contributed by atoms with Gasteiger partial charge in [-0.3, -0.25) is 9.46 Å². The van der Waals surface area contributed by atoms with E-state index in [9.17, 15) is 4.57 Å². The Labute approximate surface area is 93.1 Å². The first-order valence-corrected chi connectivity index (χ1v) is 6.38. The van der Waals surface area contributed by atoms with E-state index in [1.54, 1.807) is 0 Å². The molecule has 0 aliphatic carbocycles. The summed E-state index contributed by atoms with van der Waals surface area (Å²) in [5.74, 6) is -0.663. The first kappa shape index (κ1) is 13.0. The molecule has 0 radical (unpaired) electrons. The summed E-state index contributed by atoms with van der Waals surface area (Å²) in [7, 11) is 2.19. The van der Waals surface area contributed by atoms with Gasteiger partial charge in [-0.25, -0.2) is 0 Å². The van der Waals surface area contributed by atoms with E-state index in [1.807, 2.05) is 20.9 Å². The highest BCUT2D eigenvalue weighted by Crippen LogP contribution is 2.34. The van der Waals surface area contributed by atoms with Crippen molar-refractivity contribution in [2.45, 2.75) is 38.3 Å². The monoisotopic (exact) mass is 233 g/mol. The molecular formula is C10H20NO3P. The number of hydrogen-bond acceptors (Lipinski definition) is 4. The molecule has 0 aromatic carbocycles. The van der Waals surface area contributed by atoms with E-state index >= 15 is 0 Å². The summed E-state index contributed by atoms with van der Waals surface area (Å²) < 4.78 is 22.4. The SMILES string of the molecule is CCOC1(OCC)CC(P=O)CCN1C. The normalized spacial score (nSPS) is 27.0. The van der Waals surface area contributed by atoms with Crippen LogP contribution < -0.4 is 0 Å². The van der Waals surface area contributed by atoms with Gasteiger partial charge in [-0.15, -0.1) is 0 Å². The quantitative estimate of drug-likeness (QED) is 0.538. The van der Waals surface area contributed by atoms with Crippen molar-refractivity contribution in [3.05, 3.63) is 0 Å². The van der Waals surface area contributed by atoms with Crippen LogP contribution in [0.1, 0.15) is 26.7 Å². The summed E-state index contributed by atoms with van der Waals surface area (Å²) >= 11 is 0. The van der Waals surface area contributed by atoms with Crippen LogP contribution in [0.15, 0.2) is 0 Å². The number of ether oxygens (including phenoxy) is 2. The number of hydrogen-bond donors (Lipinski definition) is 0. The predicted octanol–water partition coefficient (Wildman–Crippen LogP) is 2.10. The molecule has 1 aliphatic rings. The van der Waals surface area contributed by atoms with Gasteiger partial charge in [0.25, 0.3) is 0 Å². The average Bonchev–Trinajstić information content (AvgIpc) is 2.23. The van der Waals surface area contributed by atoms with Gasteiger partial charge in [0.15, 0.2) is 8.46 Å². The Bertz CT molecular complexity index is 207. The molecule has 0 N–H and O–H groups in total. The Hall–Kier alpha value is -0.0200. The molecule has 0 bridgehead atoms. The number of piperidine rings is 1. The first-order valence-electron chi connectivity index (χ1n) is 5.50. The topological polar surface area (TPSA) is 38.8 Å². The molecule has 1 rings (SSSR count). The molecular weight excluding hydrogens is 213 g/mol. The lowest BCUT2D eigenvalue weighted by atomic mass is 10.1. The molecule has 4 nitrogen and oxygen atoms in total. The van der Waals surface area contributed by atoms with Crippen LogP contribution in [-0.4, -0.2) is 43.3 Å². The van der Waals surface area contributed by atoms with Crippen molar-refractivity contribution in [3.8, 4) is 0 Å². The van der Waals surface area contributed by atoms with Crippen LogP contribution in [0.5, 0.6) is 0 Å². The predicted molar refractivity (Wildman–Crippen MR) is 59.2 cm³/mol. The van der Waals surface area contributed by atoms with E-state index < -0.39 is 5.91 Å². The molecule has 5 heteroatoms. The highest BCUT2D eigenvalue weighted by atomic mass is 31.1. The Kier molecular flexibility index (Phi) is 5.13. The zero-order valence-corrected chi connectivity index (χ0v) is 10.6. The van der Waals surface area contributed by atoms with Crippen molar-refractivity contribution >= 4 is 8.46 Å². The summed E-state index contributed by atoms with van der Waals surface area (Å²) in [6.45, 7) is 5.97. The van der Waals surface area contributed by atoms with Gasteiger partial charge in [-0.2, -0.15) is 0 Å². The largest absolute Gasteiger partial charge is 0.337 e. The van der Waals surface area contributed by atoms with Crippen molar-refractivity contribution in [2.24, 2.45) is 0 Å². The van der Waals surface area contributed by atoms with Gasteiger partial charge in [0.05, 0.1) is 0 Å². The maximum atomic E-state index is 10.9. The minimum Gasteiger partial charge on any atom is -0.337 e. The fraction of sp³-hybridized carbons (Fsp3) is 1.00. The average molecular weight is 233 g/mol. The third-order valence-electron chi connectivity index (χ3n) is 2.76. The van der Waals surface area contributed by atoms with Crippen LogP contribution in [0.25, 0.3) is 0 Å². The van der Waals surface area contributed by atoms with Crippen molar-refractivity contribution < 1.29 is 14.0 Å². The Morgan fingerprint density at radius 1 is 1.40 bits per heavy atom. The van der Waals surface area contributed by atoms with Gasteiger partial charge in [0.2, 0.25) is 5.91 Å². The summed E-state index contributed by atoms with van der Waals surface area (Å²) in [4.78, 5) is 2.07. The number of rotatable bonds is 5. The molecule has 1 atom stereocenters. The van der Waals surface area contributed by atoms with E-state index in [0.717, 1.165) is 13.0 Å². The molecule has 0 spiro atoms. The van der Waals surface area contributed by atoms with Gasteiger partial charge in [-0.05, 0) is 27.3 Å². The fourth-order valence-corrected chi connectivity index (χ4v) is 2.52. The van der Waals surface area contributed by atoms with Crippen LogP contribution in [0, 0.1) is 0 Å². The van der Waals surface area contributed by atoms with Gasteiger partial charge < -0.3 is 9.47 Å². The Balaban J connectivity index is 2.75. The van der Waals surface area contributed by atoms with Crippen molar-refractivity contribution in [3.63, 3.8) is 0 Å². The molecule has 0 saturated carbocycles. The van der Waals surface area contributed by atoms with Crippen LogP contribution in [0.2, 0.25) is 0 Å². The third kappa shape index (κ3) is 2.97. The minimum atomic E-state index is -0.663. The van der Waals surface area contributed by atoms with Crippen LogP contribution in [-0.2, 0) is 14.0 Å². The lowest BCUT2D eigenvalue weighted by molar-refractivity contribution is -0.320. The second kappa shape index (κ2) is 5.90. The van der Waals surface area contributed by atoms with Crippen LogP contribution in [0.4, 0.5) is 0 Å². The van der Waals surface area contributed by atoms with E-state index in [1.165, 1.54) is 0 Å². The zero-order chi connectivity index (χ0) is 11.3. The minimum absolute atomic E-state index is 0.152. The maximum Gasteiger partial charge on any atom is 0.230 e. The number of likely N-dealkylation sites (tertiary alicyclic amines) is 1. The lowest BCUT2D eigenvalue weighted by Crippen LogP contribution is -2.56. The Morgan fingerprint density at radius 2 is 2.00 bits per heavy atom. The molecule has 1 fully saturated rings. The molecule has 1 heterocycles. The maximum absolute atomic E-state index is 10.9. The molecule has 88 valence electrons. The van der Waals surface area contributed by atoms with Gasteiger partial charge in [0, 0.05) is 31.8 Å². The van der Waals surface area contributed by atoms with E-state index in [4.69, 9.17) is 9.47 Å². The third-order valence-corrected chi connectivity index (χ3v) is 3.50. The van der Waals surface area contributed by atoms with E-state index in [2.05, 4.69) is 4.90 Å². The standard InChI is InChI=1S/C10H20NO3P/c1-4-13-10(14-5-2)8-9(15-12)6-7-11(10)3/h9H,4-8H2,1-3H3. The second-order valence-corrected chi connectivity index (χ2v) is 4.69. The van der Waals surface area contributed by atoms with E-state index in [-0.39, 0.29) is 14.1 Å². The van der Waals surface area contributed by atoms with Gasteiger partial charge in [0.1, 0.15) is 0 Å². The van der Waals surface area contributed by atoms with Crippen LogP contribution >= 0.6 is 8.46 Å². The molecule has 0 aromatic rings. The molecule has 0 aromatic heterocycles. The smallest absolute Gasteiger partial charge is 0.230 e. The summed E-state index contributed by atoms with van der Waals surface area (Å²) in [5, 5.41) is 0. The molecule has 15 heavy (non-hydrogen) atoms. The number of nitrogens with zero attached hydrogens (tertiary/aromatic N) is 1. The molecule has 1 unspecified atom stereocenters. The van der Waals surface area contributed by atoms with Crippen molar-refractivity contribution in [1.29, 1.82) is 0 Å². The highest BCUT2D eigenvalue weighted by molar-refractivity contribution is 7.24. The summed E-state index contributed by atoms with van der Waals surface area (Å²) in [5.41, 5.74) is 0.152. The first-order chi connectivity index (χ1) is 7.18. The Morgan fingerprint density at radius 3 is 2.47 bits per heavy atom. The van der Waals surface area contributed by atoms with Crippen molar-refractivity contribution in [1.82, 2.24) is 4.90 Å². The molecule has 1 saturated heterocycles. The lowest BCUT2D eigenvalue weighted by Gasteiger charge is -2.45. The van der Waals surface area contributed by atoms with Gasteiger partial charge in [-0.1, -0.05) is 0 Å². The van der Waals surface area contributed by atoms with Crippen molar-refractivity contribution in [2.75, 3.05) is 26.8 Å². The zero-order valence-electron chi connectivity index (χ0n) is 9.73. The summed E-state index contributed by atoms with van der Waals surface area (Å²) in [6.07, 6.45) is 1.61. The van der Waals surface area contributed by atoms with Gasteiger partial charge >= 0.3 is 0 Å². The molecule has 1 aliphatic heterocycles. The molecule has 0 amide bonds. The highest BCUT2D eigenvalue weighted by Gasteiger charge is 2.42. The van der Waals surface area contributed by atoms with Crippen LogP contribution in [0.3, 0.4) is 0 Å².